The van der Waals surface area contributed by atoms with Gasteiger partial charge in [0, 0.05) is 15.6 Å². The molecule has 0 aliphatic carbocycles. The number of hydrazone groups is 1. The van der Waals surface area contributed by atoms with Crippen LogP contribution in [0.4, 0.5) is 5.69 Å². The molecule has 0 spiro atoms. The number of hydrogen-bond donors (Lipinski definition) is 2. The Bertz CT molecular complexity index is 1130. The number of carbonyl (C=O) groups is 2. The smallest absolute Gasteiger partial charge is 0.329 e. The number of para-hydroxylation sites is 2. The average Bonchev–Trinajstić information content (AvgIpc) is 2.79. The van der Waals surface area contributed by atoms with Crippen molar-refractivity contribution in [2.45, 2.75) is 6.61 Å². The minimum absolute atomic E-state index is 0.292. The first kappa shape index (κ1) is 23.1. The fourth-order valence-electron chi connectivity index (χ4n) is 2.59. The molecule has 3 aromatic carbocycles. The molecular formula is C23H19Cl2N3O4. The van der Waals surface area contributed by atoms with E-state index in [0.717, 1.165) is 5.56 Å². The van der Waals surface area contributed by atoms with Gasteiger partial charge in [-0.3, -0.25) is 9.59 Å². The minimum Gasteiger partial charge on any atom is -0.495 e. The number of methoxy groups -OCH3 is 1. The van der Waals surface area contributed by atoms with Crippen LogP contribution in [-0.4, -0.2) is 25.1 Å². The molecule has 2 N–H and O–H groups in total. The lowest BCUT2D eigenvalue weighted by Gasteiger charge is -2.09. The largest absolute Gasteiger partial charge is 0.495 e. The number of rotatable bonds is 7. The van der Waals surface area contributed by atoms with Gasteiger partial charge in [0.05, 0.1) is 19.0 Å². The summed E-state index contributed by atoms with van der Waals surface area (Å²) in [5.74, 6) is -0.700. The maximum Gasteiger partial charge on any atom is 0.329 e. The molecule has 0 unspecified atom stereocenters. The summed E-state index contributed by atoms with van der Waals surface area (Å²) >= 11 is 12.0. The molecule has 0 heterocycles. The van der Waals surface area contributed by atoms with Gasteiger partial charge in [-0.15, -0.1) is 0 Å². The van der Waals surface area contributed by atoms with Crippen molar-refractivity contribution in [3.8, 4) is 11.5 Å². The third-order valence-corrected chi connectivity index (χ3v) is 4.82. The Morgan fingerprint density at radius 2 is 1.75 bits per heavy atom. The molecule has 0 saturated carbocycles. The molecule has 0 aromatic heterocycles. The molecule has 164 valence electrons. The van der Waals surface area contributed by atoms with Crippen LogP contribution in [-0.2, 0) is 16.2 Å². The monoisotopic (exact) mass is 471 g/mol. The van der Waals surface area contributed by atoms with Crippen LogP contribution in [0.3, 0.4) is 0 Å². The summed E-state index contributed by atoms with van der Waals surface area (Å²) in [5, 5.41) is 7.37. The zero-order chi connectivity index (χ0) is 22.9. The summed E-state index contributed by atoms with van der Waals surface area (Å²) in [5.41, 5.74) is 4.08. The first-order valence-corrected chi connectivity index (χ1v) is 10.2. The first-order chi connectivity index (χ1) is 15.5. The van der Waals surface area contributed by atoms with Gasteiger partial charge in [0.25, 0.3) is 0 Å². The summed E-state index contributed by atoms with van der Waals surface area (Å²) in [6.07, 6.45) is 1.41. The summed E-state index contributed by atoms with van der Waals surface area (Å²) in [6, 6.07) is 19.0. The highest BCUT2D eigenvalue weighted by atomic mass is 35.5. The van der Waals surface area contributed by atoms with Crippen molar-refractivity contribution in [2.75, 3.05) is 12.4 Å². The topological polar surface area (TPSA) is 89.0 Å². The van der Waals surface area contributed by atoms with Gasteiger partial charge in [-0.1, -0.05) is 41.4 Å². The summed E-state index contributed by atoms with van der Waals surface area (Å²) < 4.78 is 10.8. The molecule has 0 radical (unpaired) electrons. The lowest BCUT2D eigenvalue weighted by molar-refractivity contribution is -0.136. The molecule has 0 atom stereocenters. The van der Waals surface area contributed by atoms with Gasteiger partial charge in [-0.25, -0.2) is 5.43 Å². The van der Waals surface area contributed by atoms with E-state index in [-0.39, 0.29) is 0 Å². The molecule has 3 rings (SSSR count). The normalized spacial score (nSPS) is 10.6. The Morgan fingerprint density at radius 1 is 1.00 bits per heavy atom. The molecule has 0 aliphatic heterocycles. The predicted octanol–water partition coefficient (Wildman–Crippen LogP) is 4.67. The Kier molecular flexibility index (Phi) is 8.08. The second-order valence-corrected chi connectivity index (χ2v) is 7.29. The molecule has 0 fully saturated rings. The number of amides is 2. The standard InChI is InChI=1S/C23H19Cl2N3O4/c1-31-21-5-3-2-4-20(21)27-22(29)23(30)28-26-13-15-6-10-18(11-7-15)32-14-16-8-9-17(24)12-19(16)25/h2-13H,14H2,1H3,(H,27,29)(H,28,30)/b26-13+. The highest BCUT2D eigenvalue weighted by Crippen LogP contribution is 2.23. The SMILES string of the molecule is COc1ccccc1NC(=O)C(=O)N/N=C/c1ccc(OCc2ccc(Cl)cc2Cl)cc1. The van der Waals surface area contributed by atoms with Crippen LogP contribution < -0.4 is 20.2 Å². The minimum atomic E-state index is -0.910. The number of nitrogens with zero attached hydrogens (tertiary/aromatic N) is 1. The van der Waals surface area contributed by atoms with E-state index in [4.69, 9.17) is 32.7 Å². The molecule has 32 heavy (non-hydrogen) atoms. The highest BCUT2D eigenvalue weighted by Gasteiger charge is 2.14. The van der Waals surface area contributed by atoms with Crippen LogP contribution in [0.15, 0.2) is 71.8 Å². The van der Waals surface area contributed by atoms with Gasteiger partial charge in [0.2, 0.25) is 0 Å². The Hall–Kier alpha value is -3.55. The van der Waals surface area contributed by atoms with E-state index in [0.29, 0.717) is 39.4 Å². The third-order valence-electron chi connectivity index (χ3n) is 4.23. The van der Waals surface area contributed by atoms with Gasteiger partial charge in [0.15, 0.2) is 0 Å². The van der Waals surface area contributed by atoms with Crippen molar-refractivity contribution in [1.29, 1.82) is 0 Å². The molecule has 2 amide bonds. The van der Waals surface area contributed by atoms with E-state index in [1.165, 1.54) is 13.3 Å². The second kappa shape index (κ2) is 11.2. The van der Waals surface area contributed by atoms with E-state index >= 15 is 0 Å². The quantitative estimate of drug-likeness (QED) is 0.297. The number of ether oxygens (including phenoxy) is 2. The lowest BCUT2D eigenvalue weighted by Crippen LogP contribution is -2.32. The van der Waals surface area contributed by atoms with E-state index in [1.54, 1.807) is 66.7 Å². The molecule has 3 aromatic rings. The fraction of sp³-hybridized carbons (Fsp3) is 0.0870. The molecular weight excluding hydrogens is 453 g/mol. The fourth-order valence-corrected chi connectivity index (χ4v) is 3.06. The van der Waals surface area contributed by atoms with Crippen molar-refractivity contribution in [1.82, 2.24) is 5.43 Å². The third kappa shape index (κ3) is 6.47. The highest BCUT2D eigenvalue weighted by molar-refractivity contribution is 6.39. The van der Waals surface area contributed by atoms with Gasteiger partial charge in [-0.05, 0) is 54.1 Å². The first-order valence-electron chi connectivity index (χ1n) is 9.40. The molecule has 7 nitrogen and oxygen atoms in total. The van der Waals surface area contributed by atoms with Gasteiger partial charge in [-0.2, -0.15) is 5.10 Å². The average molecular weight is 472 g/mol. The number of nitrogens with one attached hydrogen (secondary N) is 2. The molecule has 0 saturated heterocycles. The van der Waals surface area contributed by atoms with Crippen LogP contribution in [0.25, 0.3) is 0 Å². The molecule has 0 bridgehead atoms. The van der Waals surface area contributed by atoms with Crippen molar-refractivity contribution < 1.29 is 19.1 Å². The maximum absolute atomic E-state index is 12.0. The Morgan fingerprint density at radius 3 is 2.47 bits per heavy atom. The van der Waals surface area contributed by atoms with Crippen molar-refractivity contribution >= 4 is 46.9 Å². The van der Waals surface area contributed by atoms with Crippen molar-refractivity contribution in [2.24, 2.45) is 5.10 Å². The molecule has 0 aliphatic rings. The van der Waals surface area contributed by atoms with E-state index in [9.17, 15) is 9.59 Å². The maximum atomic E-state index is 12.0. The van der Waals surface area contributed by atoms with Crippen LogP contribution >= 0.6 is 23.2 Å². The second-order valence-electron chi connectivity index (χ2n) is 6.45. The van der Waals surface area contributed by atoms with Crippen LogP contribution in [0, 0.1) is 0 Å². The Labute approximate surface area is 194 Å². The zero-order valence-corrected chi connectivity index (χ0v) is 18.5. The number of benzene rings is 3. The van der Waals surface area contributed by atoms with Crippen LogP contribution in [0.2, 0.25) is 10.0 Å². The van der Waals surface area contributed by atoms with Gasteiger partial charge >= 0.3 is 11.8 Å². The van der Waals surface area contributed by atoms with Gasteiger partial charge in [0.1, 0.15) is 18.1 Å². The van der Waals surface area contributed by atoms with E-state index in [2.05, 4.69) is 15.8 Å². The van der Waals surface area contributed by atoms with Crippen LogP contribution in [0.5, 0.6) is 11.5 Å². The number of halogens is 2. The van der Waals surface area contributed by atoms with E-state index in [1.807, 2.05) is 0 Å². The van der Waals surface area contributed by atoms with Crippen molar-refractivity contribution in [3.63, 3.8) is 0 Å². The summed E-state index contributed by atoms with van der Waals surface area (Å²) in [6.45, 7) is 0.292. The summed E-state index contributed by atoms with van der Waals surface area (Å²) in [7, 11) is 1.47. The zero-order valence-electron chi connectivity index (χ0n) is 17.0. The number of hydrogen-bond acceptors (Lipinski definition) is 5. The van der Waals surface area contributed by atoms with Crippen LogP contribution in [0.1, 0.15) is 11.1 Å². The number of carbonyl (C=O) groups excluding carboxylic acids is 2. The number of anilines is 1. The molecule has 9 heteroatoms. The lowest BCUT2D eigenvalue weighted by atomic mass is 10.2. The van der Waals surface area contributed by atoms with Gasteiger partial charge < -0.3 is 14.8 Å². The predicted molar refractivity (Wildman–Crippen MR) is 125 cm³/mol. The van der Waals surface area contributed by atoms with E-state index < -0.39 is 11.8 Å². The summed E-state index contributed by atoms with van der Waals surface area (Å²) in [4.78, 5) is 24.0. The van der Waals surface area contributed by atoms with Crippen molar-refractivity contribution in [3.05, 3.63) is 87.9 Å². The Balaban J connectivity index is 1.49.